The highest BCUT2D eigenvalue weighted by atomic mass is 16.2. The average molecular weight is 286 g/mol. The summed E-state index contributed by atoms with van der Waals surface area (Å²) in [6.07, 6.45) is 11.0. The number of carbonyl (C=O) groups is 1. The number of piperidine rings is 1. The van der Waals surface area contributed by atoms with E-state index in [0.717, 1.165) is 25.9 Å². The van der Waals surface area contributed by atoms with Crippen LogP contribution in [0.25, 0.3) is 0 Å². The van der Waals surface area contributed by atoms with Crippen LogP contribution in [0.1, 0.15) is 19.8 Å². The molecule has 112 valence electrons. The number of terminal acetylenes is 1. The van der Waals surface area contributed by atoms with Crippen molar-refractivity contribution in [2.45, 2.75) is 25.8 Å². The van der Waals surface area contributed by atoms with Gasteiger partial charge in [-0.05, 0) is 37.8 Å². The summed E-state index contributed by atoms with van der Waals surface area (Å²) in [5, 5.41) is 5.60. The summed E-state index contributed by atoms with van der Waals surface area (Å²) in [5.41, 5.74) is 1.22. The van der Waals surface area contributed by atoms with Crippen LogP contribution in [0.4, 0.5) is 10.5 Å². The number of aromatic nitrogens is 1. The van der Waals surface area contributed by atoms with Crippen LogP contribution in [-0.4, -0.2) is 36.7 Å². The van der Waals surface area contributed by atoms with E-state index < -0.39 is 0 Å². The number of nitrogens with zero attached hydrogens (tertiary/aromatic N) is 2. The molecule has 0 saturated carbocycles. The number of rotatable bonds is 4. The van der Waals surface area contributed by atoms with Crippen LogP contribution in [0.3, 0.4) is 0 Å². The number of urea groups is 1. The maximum atomic E-state index is 11.6. The van der Waals surface area contributed by atoms with Crippen molar-refractivity contribution in [3.63, 3.8) is 0 Å². The van der Waals surface area contributed by atoms with Crippen molar-refractivity contribution in [1.29, 1.82) is 0 Å². The molecule has 0 bridgehead atoms. The van der Waals surface area contributed by atoms with Crippen molar-refractivity contribution in [1.82, 2.24) is 15.6 Å². The van der Waals surface area contributed by atoms with Crippen LogP contribution in [0.15, 0.2) is 24.5 Å². The lowest BCUT2D eigenvalue weighted by Crippen LogP contribution is -2.44. The molecule has 1 unspecified atom stereocenters. The number of anilines is 1. The van der Waals surface area contributed by atoms with Gasteiger partial charge in [0.15, 0.2) is 0 Å². The van der Waals surface area contributed by atoms with Gasteiger partial charge in [0.1, 0.15) is 0 Å². The summed E-state index contributed by atoms with van der Waals surface area (Å²) in [4.78, 5) is 18.0. The Morgan fingerprint density at radius 1 is 1.48 bits per heavy atom. The maximum Gasteiger partial charge on any atom is 0.315 e. The van der Waals surface area contributed by atoms with Gasteiger partial charge in [-0.3, -0.25) is 4.98 Å². The van der Waals surface area contributed by atoms with Gasteiger partial charge in [0.05, 0.1) is 6.04 Å². The van der Waals surface area contributed by atoms with Crippen LogP contribution >= 0.6 is 0 Å². The molecule has 1 atom stereocenters. The smallest absolute Gasteiger partial charge is 0.315 e. The minimum atomic E-state index is -0.237. The van der Waals surface area contributed by atoms with Gasteiger partial charge in [-0.25, -0.2) is 4.79 Å². The van der Waals surface area contributed by atoms with E-state index in [1.165, 1.54) is 5.69 Å². The predicted molar refractivity (Wildman–Crippen MR) is 84.0 cm³/mol. The third kappa shape index (κ3) is 4.67. The van der Waals surface area contributed by atoms with Gasteiger partial charge in [-0.15, -0.1) is 6.42 Å². The second-order valence-electron chi connectivity index (χ2n) is 5.38. The highest BCUT2D eigenvalue weighted by molar-refractivity contribution is 5.74. The first-order valence-electron chi connectivity index (χ1n) is 7.34. The zero-order chi connectivity index (χ0) is 15.1. The van der Waals surface area contributed by atoms with Gasteiger partial charge in [-0.2, -0.15) is 0 Å². The Kier molecular flexibility index (Phi) is 5.44. The summed E-state index contributed by atoms with van der Waals surface area (Å²) in [6.45, 7) is 4.51. The third-order valence-electron chi connectivity index (χ3n) is 3.79. The molecule has 2 heterocycles. The molecular formula is C16H22N4O. The minimum Gasteiger partial charge on any atom is -0.371 e. The quantitative estimate of drug-likeness (QED) is 0.827. The summed E-state index contributed by atoms with van der Waals surface area (Å²) >= 11 is 0. The molecule has 1 saturated heterocycles. The highest BCUT2D eigenvalue weighted by Gasteiger charge is 2.19. The number of hydrogen-bond acceptors (Lipinski definition) is 3. The van der Waals surface area contributed by atoms with Crippen molar-refractivity contribution >= 4 is 11.7 Å². The molecule has 1 aromatic rings. The standard InChI is InChI=1S/C16H22N4O/c1-3-13(2)19-16(21)18-12-14-6-10-20(11-7-14)15-4-8-17-9-5-15/h1,4-5,8-9,13-14H,6-7,10-12H2,2H3,(H2,18,19,21). The third-order valence-corrected chi connectivity index (χ3v) is 3.79. The molecule has 0 aromatic carbocycles. The highest BCUT2D eigenvalue weighted by Crippen LogP contribution is 2.22. The topological polar surface area (TPSA) is 57.3 Å². The Labute approximate surface area is 126 Å². The molecule has 0 radical (unpaired) electrons. The number of hydrogen-bond donors (Lipinski definition) is 2. The molecule has 2 rings (SSSR count). The molecule has 21 heavy (non-hydrogen) atoms. The monoisotopic (exact) mass is 286 g/mol. The molecule has 1 aliphatic rings. The number of pyridine rings is 1. The van der Waals surface area contributed by atoms with E-state index in [1.54, 1.807) is 6.92 Å². The summed E-state index contributed by atoms with van der Waals surface area (Å²) < 4.78 is 0. The molecule has 2 amide bonds. The Morgan fingerprint density at radius 2 is 2.14 bits per heavy atom. The van der Waals surface area contributed by atoms with E-state index in [1.807, 2.05) is 24.5 Å². The maximum absolute atomic E-state index is 11.6. The van der Waals surface area contributed by atoms with Crippen molar-refractivity contribution in [3.8, 4) is 12.3 Å². The molecule has 1 fully saturated rings. The van der Waals surface area contributed by atoms with Gasteiger partial charge >= 0.3 is 6.03 Å². The van der Waals surface area contributed by atoms with E-state index in [2.05, 4.69) is 26.4 Å². The largest absolute Gasteiger partial charge is 0.371 e. The fourth-order valence-corrected chi connectivity index (χ4v) is 2.48. The number of carbonyl (C=O) groups excluding carboxylic acids is 1. The van der Waals surface area contributed by atoms with Crippen molar-refractivity contribution in [2.75, 3.05) is 24.5 Å². The second kappa shape index (κ2) is 7.53. The fraction of sp³-hybridized carbons (Fsp3) is 0.500. The molecule has 0 aliphatic carbocycles. The zero-order valence-electron chi connectivity index (χ0n) is 12.4. The van der Waals surface area contributed by atoms with Gasteiger partial charge in [0.25, 0.3) is 0 Å². The van der Waals surface area contributed by atoms with E-state index in [9.17, 15) is 4.79 Å². The first kappa shape index (κ1) is 15.2. The second-order valence-corrected chi connectivity index (χ2v) is 5.38. The SMILES string of the molecule is C#CC(C)NC(=O)NCC1CCN(c2ccncc2)CC1. The molecular weight excluding hydrogens is 264 g/mol. The summed E-state index contributed by atoms with van der Waals surface area (Å²) in [5.74, 6) is 3.00. The predicted octanol–water partition coefficient (Wildman–Crippen LogP) is 1.62. The molecule has 1 aliphatic heterocycles. The number of amides is 2. The lowest BCUT2D eigenvalue weighted by Gasteiger charge is -2.33. The summed E-state index contributed by atoms with van der Waals surface area (Å²) in [6, 6.07) is 3.65. The zero-order valence-corrected chi connectivity index (χ0v) is 12.4. The normalized spacial score (nSPS) is 16.9. The van der Waals surface area contributed by atoms with Crippen LogP contribution < -0.4 is 15.5 Å². The van der Waals surface area contributed by atoms with Gasteiger partial charge < -0.3 is 15.5 Å². The lowest BCUT2D eigenvalue weighted by molar-refractivity contribution is 0.236. The van der Waals surface area contributed by atoms with E-state index in [4.69, 9.17) is 6.42 Å². The Hall–Kier alpha value is -2.22. The molecule has 5 nitrogen and oxygen atoms in total. The van der Waals surface area contributed by atoms with Crippen LogP contribution in [0.2, 0.25) is 0 Å². The van der Waals surface area contributed by atoms with Crippen molar-refractivity contribution < 1.29 is 4.79 Å². The van der Waals surface area contributed by atoms with Gasteiger partial charge in [0.2, 0.25) is 0 Å². The van der Waals surface area contributed by atoms with Crippen LogP contribution in [-0.2, 0) is 0 Å². The van der Waals surface area contributed by atoms with Crippen LogP contribution in [0.5, 0.6) is 0 Å². The Bertz CT molecular complexity index is 489. The molecule has 2 N–H and O–H groups in total. The Morgan fingerprint density at radius 3 is 2.76 bits per heavy atom. The first-order chi connectivity index (χ1) is 10.2. The van der Waals surface area contributed by atoms with Crippen molar-refractivity contribution in [3.05, 3.63) is 24.5 Å². The van der Waals surface area contributed by atoms with Crippen LogP contribution in [0, 0.1) is 18.3 Å². The number of nitrogens with one attached hydrogen (secondary N) is 2. The molecule has 1 aromatic heterocycles. The van der Waals surface area contributed by atoms with E-state index >= 15 is 0 Å². The lowest BCUT2D eigenvalue weighted by atomic mass is 9.96. The summed E-state index contributed by atoms with van der Waals surface area (Å²) in [7, 11) is 0. The van der Waals surface area contributed by atoms with Gasteiger partial charge in [-0.1, -0.05) is 5.92 Å². The Balaban J connectivity index is 1.70. The van der Waals surface area contributed by atoms with Gasteiger partial charge in [0, 0.05) is 37.7 Å². The average Bonchev–Trinajstić information content (AvgIpc) is 2.54. The van der Waals surface area contributed by atoms with E-state index in [-0.39, 0.29) is 12.1 Å². The van der Waals surface area contributed by atoms with Crippen molar-refractivity contribution in [2.24, 2.45) is 5.92 Å². The molecule has 0 spiro atoms. The fourth-order valence-electron chi connectivity index (χ4n) is 2.48. The van der Waals surface area contributed by atoms with E-state index in [0.29, 0.717) is 12.5 Å². The molecule has 5 heteroatoms. The first-order valence-corrected chi connectivity index (χ1v) is 7.34. The minimum absolute atomic E-state index is 0.183.